The Hall–Kier alpha value is -3.94. The van der Waals surface area contributed by atoms with Crippen molar-refractivity contribution in [1.82, 2.24) is 4.98 Å². The maximum atomic E-state index is 12.5. The highest BCUT2D eigenvalue weighted by molar-refractivity contribution is 6.07. The Labute approximate surface area is 161 Å². The van der Waals surface area contributed by atoms with Gasteiger partial charge >= 0.3 is 0 Å². The van der Waals surface area contributed by atoms with Crippen molar-refractivity contribution in [3.8, 4) is 0 Å². The highest BCUT2D eigenvalue weighted by Crippen LogP contribution is 2.19. The number of aromatic amines is 1. The third-order valence-corrected chi connectivity index (χ3v) is 4.15. The van der Waals surface area contributed by atoms with Gasteiger partial charge in [0.2, 0.25) is 5.96 Å². The van der Waals surface area contributed by atoms with E-state index in [0.717, 1.165) is 16.5 Å². The van der Waals surface area contributed by atoms with Crippen LogP contribution in [0.4, 0.5) is 5.69 Å². The summed E-state index contributed by atoms with van der Waals surface area (Å²) in [5, 5.41) is 11.2. The lowest BCUT2D eigenvalue weighted by Crippen LogP contribution is -2.22. The molecule has 3 aromatic rings. The fraction of sp³-hybridized carbons (Fsp3) is 0.100. The Morgan fingerprint density at radius 3 is 2.25 bits per heavy atom. The average molecular weight is 376 g/mol. The molecule has 1 aromatic heterocycles. The first-order valence-electron chi connectivity index (χ1n) is 8.52. The number of carbonyl (C=O) groups excluding carboxylic acids is 2. The number of anilines is 1. The number of H-pyrrole nitrogens is 1. The van der Waals surface area contributed by atoms with Gasteiger partial charge in [-0.3, -0.25) is 9.59 Å². The number of benzene rings is 2. The number of rotatable bonds is 5. The summed E-state index contributed by atoms with van der Waals surface area (Å²) in [6, 6.07) is 14.1. The summed E-state index contributed by atoms with van der Waals surface area (Å²) in [5.41, 5.74) is 14.4. The third-order valence-electron chi connectivity index (χ3n) is 4.15. The van der Waals surface area contributed by atoms with Gasteiger partial charge in [0, 0.05) is 22.2 Å². The largest absolute Gasteiger partial charge is 0.369 e. The zero-order valence-electron chi connectivity index (χ0n) is 15.5. The first kappa shape index (κ1) is 18.8. The topological polar surface area (TPSA) is 139 Å². The van der Waals surface area contributed by atoms with Crippen LogP contribution in [0.1, 0.15) is 40.3 Å². The summed E-state index contributed by atoms with van der Waals surface area (Å²) in [4.78, 5) is 27.1. The molecular formula is C20H20N6O2. The minimum atomic E-state index is -0.279. The molecule has 142 valence electrons. The van der Waals surface area contributed by atoms with E-state index in [1.54, 1.807) is 55.5 Å². The molecule has 8 heteroatoms. The van der Waals surface area contributed by atoms with Crippen molar-refractivity contribution >= 4 is 40.0 Å². The molecular weight excluding hydrogens is 356 g/mol. The van der Waals surface area contributed by atoms with Crippen molar-refractivity contribution in [3.63, 3.8) is 0 Å². The van der Waals surface area contributed by atoms with E-state index in [9.17, 15) is 9.59 Å². The van der Waals surface area contributed by atoms with E-state index in [0.29, 0.717) is 22.7 Å². The van der Waals surface area contributed by atoms with Gasteiger partial charge in [0.25, 0.3) is 5.91 Å². The maximum absolute atomic E-state index is 12.5. The normalized spacial score (nSPS) is 11.3. The third kappa shape index (κ3) is 4.24. The van der Waals surface area contributed by atoms with Crippen molar-refractivity contribution in [2.45, 2.75) is 13.8 Å². The van der Waals surface area contributed by atoms with Gasteiger partial charge in [0.15, 0.2) is 5.78 Å². The summed E-state index contributed by atoms with van der Waals surface area (Å²) in [7, 11) is 0. The highest BCUT2D eigenvalue weighted by atomic mass is 16.2. The van der Waals surface area contributed by atoms with Crippen LogP contribution in [0, 0.1) is 0 Å². The molecule has 1 heterocycles. The molecule has 0 aliphatic carbocycles. The lowest BCUT2D eigenvalue weighted by molar-refractivity contribution is 0.101. The lowest BCUT2D eigenvalue weighted by Gasteiger charge is -2.05. The van der Waals surface area contributed by atoms with Crippen LogP contribution < -0.4 is 16.8 Å². The molecule has 2 aromatic carbocycles. The highest BCUT2D eigenvalue weighted by Gasteiger charge is 2.11. The monoisotopic (exact) mass is 376 g/mol. The number of aromatic nitrogens is 1. The number of amides is 1. The molecule has 0 unspecified atom stereocenters. The first-order chi connectivity index (χ1) is 13.3. The van der Waals surface area contributed by atoms with E-state index < -0.39 is 0 Å². The summed E-state index contributed by atoms with van der Waals surface area (Å²) in [6.45, 7) is 3.29. The van der Waals surface area contributed by atoms with Crippen molar-refractivity contribution in [1.29, 1.82) is 0 Å². The number of nitrogens with one attached hydrogen (secondary N) is 2. The zero-order chi connectivity index (χ0) is 20.3. The van der Waals surface area contributed by atoms with E-state index in [1.165, 1.54) is 6.92 Å². The smallest absolute Gasteiger partial charge is 0.272 e. The Bertz CT molecular complexity index is 1110. The second-order valence-electron chi connectivity index (χ2n) is 6.28. The molecule has 0 atom stereocenters. The van der Waals surface area contributed by atoms with Crippen LogP contribution in [0.2, 0.25) is 0 Å². The van der Waals surface area contributed by atoms with Crippen molar-refractivity contribution < 1.29 is 9.59 Å². The minimum absolute atomic E-state index is 0.0205. The van der Waals surface area contributed by atoms with E-state index in [1.807, 2.05) is 0 Å². The molecule has 0 saturated carbocycles. The summed E-state index contributed by atoms with van der Waals surface area (Å²) >= 11 is 0. The second-order valence-corrected chi connectivity index (χ2v) is 6.28. The molecule has 0 saturated heterocycles. The quantitative estimate of drug-likeness (QED) is 0.235. The molecule has 1 amide bonds. The molecule has 8 nitrogen and oxygen atoms in total. The fourth-order valence-electron chi connectivity index (χ4n) is 2.66. The van der Waals surface area contributed by atoms with Gasteiger partial charge in [-0.15, -0.1) is 5.10 Å². The Kier molecular flexibility index (Phi) is 5.21. The predicted octanol–water partition coefficient (Wildman–Crippen LogP) is 2.62. The van der Waals surface area contributed by atoms with Crippen LogP contribution in [0.3, 0.4) is 0 Å². The fourth-order valence-corrected chi connectivity index (χ4v) is 2.66. The van der Waals surface area contributed by atoms with Gasteiger partial charge in [-0.25, -0.2) is 0 Å². The predicted molar refractivity (Wildman–Crippen MR) is 111 cm³/mol. The van der Waals surface area contributed by atoms with Gasteiger partial charge in [-0.05, 0) is 55.8 Å². The standard InChI is InChI=1S/C20H20N6O2/c1-11(25-26-20(21)22)13-3-6-16(7-4-13)23-19(28)18-10-15-9-14(12(2)27)5-8-17(15)24-18/h3-10,24H,1-2H3,(H,23,28)(H4,21,22,26)/b25-11+. The Balaban J connectivity index is 1.76. The molecule has 0 fully saturated rings. The Morgan fingerprint density at radius 1 is 0.929 bits per heavy atom. The zero-order valence-corrected chi connectivity index (χ0v) is 15.5. The number of ketones is 1. The summed E-state index contributed by atoms with van der Waals surface area (Å²) < 4.78 is 0. The van der Waals surface area contributed by atoms with Crippen LogP contribution in [-0.4, -0.2) is 28.3 Å². The van der Waals surface area contributed by atoms with Crippen LogP contribution in [0.25, 0.3) is 10.9 Å². The van der Waals surface area contributed by atoms with Crippen molar-refractivity contribution in [3.05, 3.63) is 65.4 Å². The molecule has 0 aliphatic rings. The number of guanidine groups is 1. The number of fused-ring (bicyclic) bond motifs is 1. The summed E-state index contributed by atoms with van der Waals surface area (Å²) in [6.07, 6.45) is 0. The number of hydrogen-bond acceptors (Lipinski definition) is 4. The van der Waals surface area contributed by atoms with E-state index in [2.05, 4.69) is 20.5 Å². The van der Waals surface area contributed by atoms with E-state index >= 15 is 0 Å². The SMILES string of the molecule is CC(=O)c1ccc2[nH]c(C(=O)Nc3ccc(/C(C)=N/N=C(N)N)cc3)cc2c1. The van der Waals surface area contributed by atoms with Crippen LogP contribution in [0.5, 0.6) is 0 Å². The second kappa shape index (κ2) is 7.75. The van der Waals surface area contributed by atoms with E-state index in [-0.39, 0.29) is 17.6 Å². The summed E-state index contributed by atoms with van der Waals surface area (Å²) in [5.74, 6) is -0.413. The Morgan fingerprint density at radius 2 is 1.61 bits per heavy atom. The molecule has 6 N–H and O–H groups in total. The minimum Gasteiger partial charge on any atom is -0.369 e. The van der Waals surface area contributed by atoms with Crippen LogP contribution >= 0.6 is 0 Å². The van der Waals surface area contributed by atoms with Gasteiger partial charge < -0.3 is 21.8 Å². The number of hydrogen-bond donors (Lipinski definition) is 4. The van der Waals surface area contributed by atoms with Crippen molar-refractivity contribution in [2.75, 3.05) is 5.32 Å². The van der Waals surface area contributed by atoms with Gasteiger partial charge in [0.05, 0.1) is 5.71 Å². The number of Topliss-reactive ketones (excluding diaryl/α,β-unsaturated/α-hetero) is 1. The number of nitrogens with two attached hydrogens (primary N) is 2. The van der Waals surface area contributed by atoms with E-state index in [4.69, 9.17) is 11.5 Å². The van der Waals surface area contributed by atoms with Gasteiger partial charge in [-0.2, -0.15) is 5.10 Å². The number of nitrogens with zero attached hydrogens (tertiary/aromatic N) is 2. The van der Waals surface area contributed by atoms with Gasteiger partial charge in [0.1, 0.15) is 5.69 Å². The van der Waals surface area contributed by atoms with Gasteiger partial charge in [-0.1, -0.05) is 12.1 Å². The van der Waals surface area contributed by atoms with Crippen LogP contribution in [0.15, 0.2) is 58.7 Å². The molecule has 0 bridgehead atoms. The van der Waals surface area contributed by atoms with Crippen LogP contribution in [-0.2, 0) is 0 Å². The molecule has 28 heavy (non-hydrogen) atoms. The first-order valence-corrected chi connectivity index (χ1v) is 8.52. The lowest BCUT2D eigenvalue weighted by atomic mass is 10.1. The average Bonchev–Trinajstić information content (AvgIpc) is 3.10. The maximum Gasteiger partial charge on any atom is 0.272 e. The molecule has 3 rings (SSSR count). The molecule has 0 spiro atoms. The molecule has 0 aliphatic heterocycles. The van der Waals surface area contributed by atoms with Crippen molar-refractivity contribution in [2.24, 2.45) is 21.7 Å². The number of carbonyl (C=O) groups is 2. The molecule has 0 radical (unpaired) electrons.